The number of hydrogen-bond donors (Lipinski definition) is 1. The highest BCUT2D eigenvalue weighted by Gasteiger charge is 2.26. The Morgan fingerprint density at radius 1 is 1.50 bits per heavy atom. The van der Waals surface area contributed by atoms with Crippen LogP contribution < -0.4 is 0 Å². The van der Waals surface area contributed by atoms with E-state index < -0.39 is 5.60 Å². The minimum absolute atomic E-state index is 0.387. The van der Waals surface area contributed by atoms with E-state index in [1.165, 1.54) is 0 Å². The van der Waals surface area contributed by atoms with Crippen LogP contribution in [0.5, 0.6) is 0 Å². The zero-order valence-electron chi connectivity index (χ0n) is 11.1. The van der Waals surface area contributed by atoms with E-state index in [2.05, 4.69) is 18.9 Å². The molecule has 2 aromatic rings. The Hall–Kier alpha value is -1.55. The van der Waals surface area contributed by atoms with Gasteiger partial charge in [0.25, 0.3) is 0 Å². The average Bonchev–Trinajstić information content (AvgIpc) is 2.97. The molecule has 2 unspecified atom stereocenters. The summed E-state index contributed by atoms with van der Waals surface area (Å²) in [6, 6.07) is 4.13. The highest BCUT2D eigenvalue weighted by Crippen LogP contribution is 2.25. The first kappa shape index (κ1) is 12.9. The Balaban J connectivity index is 2.12. The van der Waals surface area contributed by atoms with Gasteiger partial charge in [0.15, 0.2) is 0 Å². The quantitative estimate of drug-likeness (QED) is 0.885. The van der Waals surface area contributed by atoms with Crippen molar-refractivity contribution in [2.75, 3.05) is 0 Å². The summed E-state index contributed by atoms with van der Waals surface area (Å²) in [5, 5.41) is 14.9. The van der Waals surface area contributed by atoms with Crippen molar-refractivity contribution < 1.29 is 9.52 Å². The molecule has 2 atom stereocenters. The second kappa shape index (κ2) is 4.98. The summed E-state index contributed by atoms with van der Waals surface area (Å²) in [7, 11) is 0. The van der Waals surface area contributed by atoms with E-state index >= 15 is 0 Å². The monoisotopic (exact) mass is 248 g/mol. The maximum absolute atomic E-state index is 10.4. The minimum atomic E-state index is -0.943. The van der Waals surface area contributed by atoms with E-state index in [0.29, 0.717) is 12.5 Å². The molecule has 0 aromatic carbocycles. The minimum Gasteiger partial charge on any atom is -0.472 e. The summed E-state index contributed by atoms with van der Waals surface area (Å²) in [5.74, 6) is 0. The Morgan fingerprint density at radius 2 is 2.28 bits per heavy atom. The van der Waals surface area contributed by atoms with Crippen LogP contribution in [0, 0.1) is 0 Å². The Kier molecular flexibility index (Phi) is 3.57. The summed E-state index contributed by atoms with van der Waals surface area (Å²) in [6.45, 7) is 6.04. The molecule has 98 valence electrons. The van der Waals surface area contributed by atoms with Crippen LogP contribution in [0.15, 0.2) is 35.3 Å². The molecule has 0 saturated heterocycles. The summed E-state index contributed by atoms with van der Waals surface area (Å²) in [5.41, 5.74) is 0.726. The molecule has 4 heteroatoms. The fraction of sp³-hybridized carbons (Fsp3) is 0.500. The lowest BCUT2D eigenvalue weighted by molar-refractivity contribution is 0.0557. The largest absolute Gasteiger partial charge is 0.472 e. The van der Waals surface area contributed by atoms with Gasteiger partial charge in [0.1, 0.15) is 0 Å². The molecule has 0 fully saturated rings. The van der Waals surface area contributed by atoms with Crippen molar-refractivity contribution in [2.24, 2.45) is 0 Å². The SMILES string of the molecule is CCC(C)n1ccc(CC(C)(O)c2ccoc2)n1. The number of nitrogens with zero attached hydrogens (tertiary/aromatic N) is 2. The van der Waals surface area contributed by atoms with Crippen molar-refractivity contribution >= 4 is 0 Å². The molecule has 2 heterocycles. The molecule has 2 aromatic heterocycles. The summed E-state index contributed by atoms with van der Waals surface area (Å²) < 4.78 is 6.96. The first-order chi connectivity index (χ1) is 8.53. The molecule has 0 aliphatic carbocycles. The van der Waals surface area contributed by atoms with Gasteiger partial charge in [-0.3, -0.25) is 4.68 Å². The molecule has 0 radical (unpaired) electrons. The van der Waals surface area contributed by atoms with Crippen LogP contribution in [0.2, 0.25) is 0 Å². The van der Waals surface area contributed by atoms with E-state index in [0.717, 1.165) is 17.7 Å². The molecule has 1 N–H and O–H groups in total. The standard InChI is InChI=1S/C14H20N2O2/c1-4-11(2)16-7-5-13(15-16)9-14(3,17)12-6-8-18-10-12/h5-8,10-11,17H,4,9H2,1-3H3. The Labute approximate surface area is 107 Å². The normalized spacial score (nSPS) is 16.4. The molecule has 0 spiro atoms. The van der Waals surface area contributed by atoms with Crippen LogP contribution in [0.3, 0.4) is 0 Å². The summed E-state index contributed by atoms with van der Waals surface area (Å²) >= 11 is 0. The molecule has 0 bridgehead atoms. The molecular formula is C14H20N2O2. The predicted molar refractivity (Wildman–Crippen MR) is 69.2 cm³/mol. The van der Waals surface area contributed by atoms with E-state index in [1.807, 2.05) is 16.9 Å². The third kappa shape index (κ3) is 2.64. The van der Waals surface area contributed by atoms with Crippen molar-refractivity contribution in [3.05, 3.63) is 42.1 Å². The van der Waals surface area contributed by atoms with Crippen molar-refractivity contribution in [3.63, 3.8) is 0 Å². The van der Waals surface area contributed by atoms with Gasteiger partial charge < -0.3 is 9.52 Å². The van der Waals surface area contributed by atoms with Gasteiger partial charge in [-0.2, -0.15) is 5.10 Å². The van der Waals surface area contributed by atoms with E-state index in [4.69, 9.17) is 4.42 Å². The van der Waals surface area contributed by atoms with Crippen LogP contribution in [0.1, 0.15) is 44.5 Å². The molecule has 0 amide bonds. The second-order valence-corrected chi connectivity index (χ2v) is 5.01. The van der Waals surface area contributed by atoms with Gasteiger partial charge in [-0.25, -0.2) is 0 Å². The van der Waals surface area contributed by atoms with Crippen molar-refractivity contribution in [2.45, 2.75) is 45.3 Å². The lowest BCUT2D eigenvalue weighted by Crippen LogP contribution is -2.24. The van der Waals surface area contributed by atoms with Crippen LogP contribution in [-0.4, -0.2) is 14.9 Å². The molecule has 2 rings (SSSR count). The van der Waals surface area contributed by atoms with Crippen LogP contribution in [0.25, 0.3) is 0 Å². The third-order valence-corrected chi connectivity index (χ3v) is 3.37. The van der Waals surface area contributed by atoms with Gasteiger partial charge in [0, 0.05) is 24.2 Å². The highest BCUT2D eigenvalue weighted by molar-refractivity contribution is 5.18. The second-order valence-electron chi connectivity index (χ2n) is 5.01. The summed E-state index contributed by atoms with van der Waals surface area (Å²) in [6.07, 6.45) is 6.64. The Bertz CT molecular complexity index is 486. The first-order valence-electron chi connectivity index (χ1n) is 6.32. The molecule has 18 heavy (non-hydrogen) atoms. The number of furan rings is 1. The smallest absolute Gasteiger partial charge is 0.0963 e. The molecular weight excluding hydrogens is 228 g/mol. The highest BCUT2D eigenvalue weighted by atomic mass is 16.3. The van der Waals surface area contributed by atoms with Gasteiger partial charge in [0.05, 0.1) is 23.8 Å². The van der Waals surface area contributed by atoms with E-state index in [1.54, 1.807) is 25.5 Å². The zero-order valence-corrected chi connectivity index (χ0v) is 11.1. The van der Waals surface area contributed by atoms with Crippen LogP contribution in [0.4, 0.5) is 0 Å². The molecule has 0 aliphatic rings. The van der Waals surface area contributed by atoms with Crippen molar-refractivity contribution in [1.82, 2.24) is 9.78 Å². The predicted octanol–water partition coefficient (Wildman–Crippen LogP) is 2.90. The summed E-state index contributed by atoms with van der Waals surface area (Å²) in [4.78, 5) is 0. The van der Waals surface area contributed by atoms with Gasteiger partial charge in [-0.1, -0.05) is 6.92 Å². The zero-order chi connectivity index (χ0) is 13.2. The number of rotatable bonds is 5. The lowest BCUT2D eigenvalue weighted by atomic mass is 9.94. The third-order valence-electron chi connectivity index (χ3n) is 3.37. The van der Waals surface area contributed by atoms with E-state index in [9.17, 15) is 5.11 Å². The van der Waals surface area contributed by atoms with Crippen molar-refractivity contribution in [1.29, 1.82) is 0 Å². The van der Waals surface area contributed by atoms with Crippen LogP contribution >= 0.6 is 0 Å². The molecule has 4 nitrogen and oxygen atoms in total. The maximum Gasteiger partial charge on any atom is 0.0963 e. The fourth-order valence-corrected chi connectivity index (χ4v) is 1.93. The number of aromatic nitrogens is 2. The van der Waals surface area contributed by atoms with Gasteiger partial charge >= 0.3 is 0 Å². The molecule has 0 saturated carbocycles. The number of aliphatic hydroxyl groups is 1. The topological polar surface area (TPSA) is 51.2 Å². The fourth-order valence-electron chi connectivity index (χ4n) is 1.93. The van der Waals surface area contributed by atoms with Gasteiger partial charge in [-0.15, -0.1) is 0 Å². The van der Waals surface area contributed by atoms with Crippen LogP contribution in [-0.2, 0) is 12.0 Å². The molecule has 0 aliphatic heterocycles. The van der Waals surface area contributed by atoms with Crippen molar-refractivity contribution in [3.8, 4) is 0 Å². The average molecular weight is 248 g/mol. The van der Waals surface area contributed by atoms with Gasteiger partial charge in [-0.05, 0) is 32.4 Å². The lowest BCUT2D eigenvalue weighted by Gasteiger charge is -2.20. The van der Waals surface area contributed by atoms with Gasteiger partial charge in [0.2, 0.25) is 0 Å². The maximum atomic E-state index is 10.4. The Morgan fingerprint density at radius 3 is 2.89 bits per heavy atom. The first-order valence-corrected chi connectivity index (χ1v) is 6.32. The number of hydrogen-bond acceptors (Lipinski definition) is 3. The van der Waals surface area contributed by atoms with E-state index in [-0.39, 0.29) is 0 Å².